The summed E-state index contributed by atoms with van der Waals surface area (Å²) < 4.78 is 5.16. The lowest BCUT2D eigenvalue weighted by atomic mass is 10.0. The summed E-state index contributed by atoms with van der Waals surface area (Å²) >= 11 is 3.68. The molecule has 4 heteroatoms. The summed E-state index contributed by atoms with van der Waals surface area (Å²) in [5.74, 6) is 0. The zero-order valence-electron chi connectivity index (χ0n) is 21.3. The lowest BCUT2D eigenvalue weighted by Crippen LogP contribution is -1.91. The summed E-state index contributed by atoms with van der Waals surface area (Å²) in [6, 6.07) is 43.4. The van der Waals surface area contributed by atoms with E-state index in [1.807, 2.05) is 22.7 Å². The molecule has 4 heterocycles. The molecule has 9 rings (SSSR count). The first-order valence-electron chi connectivity index (χ1n) is 13.3. The molecule has 9 aromatic rings. The Morgan fingerprint density at radius 1 is 0.375 bits per heavy atom. The highest BCUT2D eigenvalue weighted by Crippen LogP contribution is 2.41. The first kappa shape index (κ1) is 22.2. The maximum absolute atomic E-state index is 5.27. The van der Waals surface area contributed by atoms with Crippen LogP contribution in [0.15, 0.2) is 121 Å². The summed E-state index contributed by atoms with van der Waals surface area (Å²) in [7, 11) is 0. The average Bonchev–Trinajstić information content (AvgIpc) is 3.59. The van der Waals surface area contributed by atoms with Crippen molar-refractivity contribution < 1.29 is 0 Å². The molecule has 0 aliphatic rings. The van der Waals surface area contributed by atoms with Gasteiger partial charge in [-0.2, -0.15) is 0 Å². The van der Waals surface area contributed by atoms with Crippen molar-refractivity contribution in [3.05, 3.63) is 121 Å². The monoisotopic (exact) mass is 544 g/mol. The van der Waals surface area contributed by atoms with Crippen molar-refractivity contribution in [2.24, 2.45) is 0 Å². The third-order valence-electron chi connectivity index (χ3n) is 7.88. The predicted molar refractivity (Wildman–Crippen MR) is 174 cm³/mol. The average molecular weight is 545 g/mol. The van der Waals surface area contributed by atoms with E-state index in [1.54, 1.807) is 0 Å². The number of hydrogen-bond acceptors (Lipinski definition) is 4. The molecular formula is C36H20N2S2. The SMILES string of the molecule is c1ccc2c(c1)sc1c(-c3ccc4ccc5ccc(-c6cccc7c6sc6ccccc67)nc5c4n3)cccc12. The molecule has 0 fully saturated rings. The second-order valence-electron chi connectivity index (χ2n) is 10.2. The van der Waals surface area contributed by atoms with E-state index in [0.717, 1.165) is 33.2 Å². The fourth-order valence-corrected chi connectivity index (χ4v) is 8.42. The molecule has 0 unspecified atom stereocenters. The van der Waals surface area contributed by atoms with Gasteiger partial charge < -0.3 is 0 Å². The van der Waals surface area contributed by atoms with Crippen molar-refractivity contribution >= 4 is 84.8 Å². The smallest absolute Gasteiger partial charge is 0.0972 e. The van der Waals surface area contributed by atoms with E-state index in [2.05, 4.69) is 121 Å². The summed E-state index contributed by atoms with van der Waals surface area (Å²) in [4.78, 5) is 10.5. The molecule has 0 N–H and O–H groups in total. The highest BCUT2D eigenvalue weighted by atomic mass is 32.1. The van der Waals surface area contributed by atoms with Crippen LogP contribution >= 0.6 is 22.7 Å². The zero-order valence-corrected chi connectivity index (χ0v) is 22.9. The molecule has 0 aliphatic heterocycles. The van der Waals surface area contributed by atoms with Gasteiger partial charge in [0.25, 0.3) is 0 Å². The molecule has 40 heavy (non-hydrogen) atoms. The molecule has 186 valence electrons. The molecular weight excluding hydrogens is 525 g/mol. The van der Waals surface area contributed by atoms with Crippen LogP contribution in [-0.4, -0.2) is 9.97 Å². The van der Waals surface area contributed by atoms with E-state index in [0.29, 0.717) is 0 Å². The summed E-state index contributed by atoms with van der Waals surface area (Å²) in [5, 5.41) is 7.38. The lowest BCUT2D eigenvalue weighted by Gasteiger charge is -2.09. The van der Waals surface area contributed by atoms with Gasteiger partial charge >= 0.3 is 0 Å². The second-order valence-corrected chi connectivity index (χ2v) is 12.3. The van der Waals surface area contributed by atoms with Crippen molar-refractivity contribution in [2.75, 3.05) is 0 Å². The van der Waals surface area contributed by atoms with E-state index < -0.39 is 0 Å². The molecule has 0 amide bonds. The van der Waals surface area contributed by atoms with Gasteiger partial charge in [0.1, 0.15) is 0 Å². The maximum Gasteiger partial charge on any atom is 0.0972 e. The van der Waals surface area contributed by atoms with Crippen molar-refractivity contribution in [3.8, 4) is 22.5 Å². The Hall–Kier alpha value is -4.64. The van der Waals surface area contributed by atoms with Gasteiger partial charge in [-0.1, -0.05) is 97.1 Å². The molecule has 0 radical (unpaired) electrons. The van der Waals surface area contributed by atoms with Crippen LogP contribution in [0.4, 0.5) is 0 Å². The molecule has 0 atom stereocenters. The minimum absolute atomic E-state index is 0.943. The van der Waals surface area contributed by atoms with Gasteiger partial charge in [0.05, 0.1) is 22.4 Å². The van der Waals surface area contributed by atoms with Crippen molar-refractivity contribution in [1.29, 1.82) is 0 Å². The fourth-order valence-electron chi connectivity index (χ4n) is 5.97. The van der Waals surface area contributed by atoms with Gasteiger partial charge in [0, 0.05) is 62.2 Å². The van der Waals surface area contributed by atoms with Crippen LogP contribution in [0.1, 0.15) is 0 Å². The van der Waals surface area contributed by atoms with Crippen LogP contribution in [-0.2, 0) is 0 Å². The third kappa shape index (κ3) is 3.21. The summed E-state index contributed by atoms with van der Waals surface area (Å²) in [6.07, 6.45) is 0. The highest BCUT2D eigenvalue weighted by molar-refractivity contribution is 7.26. The van der Waals surface area contributed by atoms with Crippen molar-refractivity contribution in [1.82, 2.24) is 9.97 Å². The van der Waals surface area contributed by atoms with Gasteiger partial charge in [-0.25, -0.2) is 9.97 Å². The van der Waals surface area contributed by atoms with Gasteiger partial charge in [-0.3, -0.25) is 0 Å². The number of aromatic nitrogens is 2. The Bertz CT molecular complexity index is 2280. The van der Waals surface area contributed by atoms with Crippen LogP contribution in [0.25, 0.3) is 84.7 Å². The Balaban J connectivity index is 1.28. The van der Waals surface area contributed by atoms with Crippen LogP contribution in [0, 0.1) is 0 Å². The lowest BCUT2D eigenvalue weighted by molar-refractivity contribution is 1.38. The van der Waals surface area contributed by atoms with Crippen LogP contribution in [0.3, 0.4) is 0 Å². The Morgan fingerprint density at radius 3 is 1.30 bits per heavy atom. The second kappa shape index (κ2) is 8.43. The number of pyridine rings is 2. The van der Waals surface area contributed by atoms with Gasteiger partial charge in [0.2, 0.25) is 0 Å². The van der Waals surface area contributed by atoms with E-state index in [9.17, 15) is 0 Å². The number of thiophene rings is 2. The zero-order chi connectivity index (χ0) is 26.2. The molecule has 2 nitrogen and oxygen atoms in total. The van der Waals surface area contributed by atoms with Gasteiger partial charge in [-0.15, -0.1) is 22.7 Å². The Kier molecular flexibility index (Phi) is 4.68. The molecule has 5 aromatic carbocycles. The summed E-state index contributed by atoms with van der Waals surface area (Å²) in [6.45, 7) is 0. The Morgan fingerprint density at radius 2 is 0.800 bits per heavy atom. The number of hydrogen-bond donors (Lipinski definition) is 0. The standard InChI is InChI=1S/C36H20N2S2/c1-3-13-31-23(7-1)25-9-5-11-27(35(25)39-31)29-19-17-21-15-16-22-18-20-30(38-34(22)33(21)37-29)28-12-6-10-26-24-8-2-4-14-32(24)40-36(26)28/h1-20H. The predicted octanol–water partition coefficient (Wildman–Crippen LogP) is 10.9. The number of rotatable bonds is 2. The number of benzene rings is 5. The molecule has 4 aromatic heterocycles. The number of fused-ring (bicyclic) bond motifs is 9. The van der Waals surface area contributed by atoms with E-state index in [-0.39, 0.29) is 0 Å². The van der Waals surface area contributed by atoms with Crippen LogP contribution in [0.5, 0.6) is 0 Å². The first-order chi connectivity index (χ1) is 19.8. The molecule has 0 aliphatic carbocycles. The van der Waals surface area contributed by atoms with Crippen LogP contribution in [0.2, 0.25) is 0 Å². The van der Waals surface area contributed by atoms with Crippen molar-refractivity contribution in [3.63, 3.8) is 0 Å². The largest absolute Gasteiger partial charge is 0.245 e. The van der Waals surface area contributed by atoms with Gasteiger partial charge in [0.15, 0.2) is 0 Å². The Labute approximate surface area is 237 Å². The minimum Gasteiger partial charge on any atom is -0.245 e. The highest BCUT2D eigenvalue weighted by Gasteiger charge is 2.15. The van der Waals surface area contributed by atoms with Crippen molar-refractivity contribution in [2.45, 2.75) is 0 Å². The topological polar surface area (TPSA) is 25.8 Å². The minimum atomic E-state index is 0.943. The third-order valence-corrected chi connectivity index (χ3v) is 10.3. The normalized spacial score (nSPS) is 12.0. The quantitative estimate of drug-likeness (QED) is 0.202. The van der Waals surface area contributed by atoms with Gasteiger partial charge in [-0.05, 0) is 24.3 Å². The van der Waals surface area contributed by atoms with E-state index >= 15 is 0 Å². The van der Waals surface area contributed by atoms with E-state index in [1.165, 1.54) is 51.5 Å². The summed E-state index contributed by atoms with van der Waals surface area (Å²) in [5.41, 5.74) is 6.19. The van der Waals surface area contributed by atoms with E-state index in [4.69, 9.17) is 9.97 Å². The first-order valence-corrected chi connectivity index (χ1v) is 15.0. The fraction of sp³-hybridized carbons (Fsp3) is 0. The maximum atomic E-state index is 5.27. The van der Waals surface area contributed by atoms with Crippen LogP contribution < -0.4 is 0 Å². The molecule has 0 spiro atoms. The molecule has 0 saturated heterocycles. The molecule has 0 bridgehead atoms. The molecule has 0 saturated carbocycles. The number of nitrogens with zero attached hydrogens (tertiary/aromatic N) is 2.